The number of rotatable bonds is 38. The van der Waals surface area contributed by atoms with Crippen LogP contribution in [0.3, 0.4) is 0 Å². The van der Waals surface area contributed by atoms with Crippen LogP contribution < -0.4 is 5.32 Å². The minimum Gasteiger partial charge on any atom is -0.466 e. The van der Waals surface area contributed by atoms with E-state index in [-0.39, 0.29) is 5.97 Å². The van der Waals surface area contributed by atoms with Gasteiger partial charge >= 0.3 is 5.97 Å². The second-order valence-corrected chi connectivity index (χ2v) is 14.5. The molecule has 0 spiro atoms. The van der Waals surface area contributed by atoms with Crippen molar-refractivity contribution in [1.82, 2.24) is 5.32 Å². The van der Waals surface area contributed by atoms with Crippen molar-refractivity contribution < 1.29 is 19.1 Å². The number of carbonyl (C=O) groups is 2. The Morgan fingerprint density at radius 1 is 0.521 bits per heavy atom. The van der Waals surface area contributed by atoms with Gasteiger partial charge in [-0.1, -0.05) is 169 Å². The Labute approximate surface area is 301 Å². The lowest BCUT2D eigenvalue weighted by atomic mass is 9.92. The topological polar surface area (TPSA) is 64.6 Å². The summed E-state index contributed by atoms with van der Waals surface area (Å²) in [5.41, 5.74) is 0. The number of methoxy groups -OCH3 is 1. The molecule has 5 heteroatoms. The van der Waals surface area contributed by atoms with Gasteiger partial charge in [0.05, 0.1) is 6.61 Å². The van der Waals surface area contributed by atoms with Crippen LogP contribution in [-0.2, 0) is 19.1 Å². The second kappa shape index (κ2) is 44.1. The average molecular weight is 682 g/mol. The van der Waals surface area contributed by atoms with Gasteiger partial charge in [-0.05, 0) is 63.5 Å². The Bertz CT molecular complexity index is 594. The van der Waals surface area contributed by atoms with Crippen LogP contribution in [0.25, 0.3) is 0 Å². The molecule has 0 aliphatic rings. The first-order chi connectivity index (χ1) is 23.6. The van der Waals surface area contributed by atoms with E-state index in [1.54, 1.807) is 0 Å². The number of hydrogen-bond acceptors (Lipinski definition) is 5. The smallest absolute Gasteiger partial charge is 0.305 e. The molecule has 0 aromatic rings. The highest BCUT2D eigenvalue weighted by Crippen LogP contribution is 2.22. The number of nitrogens with one attached hydrogen (secondary N) is 1. The van der Waals surface area contributed by atoms with Crippen LogP contribution in [0.15, 0.2) is 0 Å². The number of aldehydes is 1. The third kappa shape index (κ3) is 41.2. The van der Waals surface area contributed by atoms with E-state index in [1.165, 1.54) is 154 Å². The lowest BCUT2D eigenvalue weighted by molar-refractivity contribution is -0.144. The Morgan fingerprint density at radius 3 is 1.38 bits per heavy atom. The van der Waals surface area contributed by atoms with Crippen LogP contribution in [0.2, 0.25) is 0 Å². The van der Waals surface area contributed by atoms with Gasteiger partial charge in [0, 0.05) is 26.6 Å². The van der Waals surface area contributed by atoms with Crippen molar-refractivity contribution in [2.75, 3.05) is 33.4 Å². The van der Waals surface area contributed by atoms with Crippen LogP contribution >= 0.6 is 0 Å². The van der Waals surface area contributed by atoms with Crippen LogP contribution in [0.5, 0.6) is 0 Å². The minimum atomic E-state index is 0.00342. The molecule has 0 saturated heterocycles. The summed E-state index contributed by atoms with van der Waals surface area (Å²) >= 11 is 0. The van der Waals surface area contributed by atoms with Crippen molar-refractivity contribution in [1.29, 1.82) is 0 Å². The highest BCUT2D eigenvalue weighted by Gasteiger charge is 2.11. The molecule has 48 heavy (non-hydrogen) atoms. The van der Waals surface area contributed by atoms with Crippen LogP contribution in [-0.4, -0.2) is 45.7 Å². The van der Waals surface area contributed by atoms with E-state index in [2.05, 4.69) is 33.0 Å². The first kappa shape index (κ1) is 49.2. The van der Waals surface area contributed by atoms with E-state index < -0.39 is 0 Å². The molecule has 0 atom stereocenters. The van der Waals surface area contributed by atoms with Crippen LogP contribution in [0, 0.1) is 11.8 Å². The molecule has 0 aromatic carbocycles. The Hall–Kier alpha value is -0.940. The molecule has 0 aliphatic carbocycles. The predicted molar refractivity (Wildman–Crippen MR) is 210 cm³/mol. The largest absolute Gasteiger partial charge is 0.466 e. The van der Waals surface area contributed by atoms with Crippen molar-refractivity contribution in [3.63, 3.8) is 0 Å². The van der Waals surface area contributed by atoms with Gasteiger partial charge < -0.3 is 19.6 Å². The van der Waals surface area contributed by atoms with E-state index in [4.69, 9.17) is 9.47 Å². The molecule has 0 bridgehead atoms. The van der Waals surface area contributed by atoms with Crippen molar-refractivity contribution in [3.05, 3.63) is 0 Å². The van der Waals surface area contributed by atoms with E-state index in [1.807, 2.05) is 7.11 Å². The van der Waals surface area contributed by atoms with Gasteiger partial charge in [0.25, 0.3) is 0 Å². The van der Waals surface area contributed by atoms with Crippen molar-refractivity contribution in [2.45, 2.75) is 220 Å². The fraction of sp³-hybridized carbons (Fsp3) is 0.953. The quantitative estimate of drug-likeness (QED) is 0.0399. The number of carbonyl (C=O) groups excluding carboxylic acids is 2. The van der Waals surface area contributed by atoms with E-state index in [0.29, 0.717) is 13.0 Å². The molecule has 288 valence electrons. The van der Waals surface area contributed by atoms with Crippen molar-refractivity contribution in [3.8, 4) is 0 Å². The highest BCUT2D eigenvalue weighted by molar-refractivity contribution is 5.69. The fourth-order valence-corrected chi connectivity index (χ4v) is 6.48. The summed E-state index contributed by atoms with van der Waals surface area (Å²) < 4.78 is 10.7. The number of unbranched alkanes of at least 4 members (excludes halogenated alkanes) is 17. The molecule has 0 saturated carbocycles. The summed E-state index contributed by atoms with van der Waals surface area (Å²) in [6.45, 7) is 12.9. The van der Waals surface area contributed by atoms with E-state index in [9.17, 15) is 9.59 Å². The predicted octanol–water partition coefficient (Wildman–Crippen LogP) is 13.0. The number of hydrogen-bond donors (Lipinski definition) is 1. The average Bonchev–Trinajstić information content (AvgIpc) is 3.09. The molecule has 0 aromatic heterocycles. The third-order valence-electron chi connectivity index (χ3n) is 9.79. The summed E-state index contributed by atoms with van der Waals surface area (Å²) in [7, 11) is 1.81. The van der Waals surface area contributed by atoms with Crippen LogP contribution in [0.1, 0.15) is 220 Å². The van der Waals surface area contributed by atoms with Gasteiger partial charge in [-0.25, -0.2) is 0 Å². The molecule has 0 aliphatic heterocycles. The van der Waals surface area contributed by atoms with E-state index in [0.717, 1.165) is 69.9 Å². The van der Waals surface area contributed by atoms with Gasteiger partial charge in [0.2, 0.25) is 0 Å². The number of esters is 1. The molecule has 0 amide bonds. The Kier molecular flexibility index (Phi) is 45.2. The molecule has 0 fully saturated rings. The summed E-state index contributed by atoms with van der Waals surface area (Å²) in [5, 5.41) is 3.53. The van der Waals surface area contributed by atoms with E-state index >= 15 is 0 Å². The first-order valence-electron chi connectivity index (χ1n) is 21.4. The Balaban J connectivity index is 0. The number of ether oxygens (including phenoxy) is 2. The zero-order valence-corrected chi connectivity index (χ0v) is 33.4. The van der Waals surface area contributed by atoms with Gasteiger partial charge in [-0.15, -0.1) is 0 Å². The lowest BCUT2D eigenvalue weighted by Crippen LogP contribution is -2.16. The zero-order chi connectivity index (χ0) is 35.6. The summed E-state index contributed by atoms with van der Waals surface area (Å²) in [6, 6.07) is 0. The molecule has 1 N–H and O–H groups in total. The van der Waals surface area contributed by atoms with Crippen molar-refractivity contribution in [2.24, 2.45) is 11.8 Å². The normalized spacial score (nSPS) is 11.2. The molecule has 0 unspecified atom stereocenters. The third-order valence-corrected chi connectivity index (χ3v) is 9.79. The van der Waals surface area contributed by atoms with Gasteiger partial charge in [0.15, 0.2) is 0 Å². The Morgan fingerprint density at radius 2 is 0.938 bits per heavy atom. The maximum Gasteiger partial charge on any atom is 0.305 e. The molecule has 0 heterocycles. The molecule has 0 radical (unpaired) electrons. The fourth-order valence-electron chi connectivity index (χ4n) is 6.48. The maximum atomic E-state index is 12.0. The molecule has 5 nitrogen and oxygen atoms in total. The van der Waals surface area contributed by atoms with Gasteiger partial charge in [0.1, 0.15) is 6.29 Å². The monoisotopic (exact) mass is 682 g/mol. The summed E-state index contributed by atoms with van der Waals surface area (Å²) in [5.74, 6) is 1.66. The molecule has 0 rings (SSSR count). The van der Waals surface area contributed by atoms with Gasteiger partial charge in [-0.3, -0.25) is 4.79 Å². The molecular formula is C43H87NO4. The first-order valence-corrected chi connectivity index (χ1v) is 21.4. The van der Waals surface area contributed by atoms with Crippen LogP contribution in [0.4, 0.5) is 0 Å². The van der Waals surface area contributed by atoms with Gasteiger partial charge in [-0.2, -0.15) is 0 Å². The van der Waals surface area contributed by atoms with Crippen molar-refractivity contribution >= 4 is 12.3 Å². The minimum absolute atomic E-state index is 0.00342. The SMILES string of the molecule is CCCCCC(CCCCC)CCOC.CCCCCC(CCCCC)CCOC(=O)CCCCCCCNCCCCCCCC=O. The molecular weight excluding hydrogens is 594 g/mol. The standard InChI is InChI=1S/C29H57NO3.C14H30O/c1-3-5-14-20-28(21-15-6-4-2)23-27-33-29(32)22-16-10-9-12-18-25-30-24-17-11-7-8-13-19-26-31;1-4-6-8-10-14(12-13-15-3)11-9-7-5-2/h26,28,30H,3-25,27H2,1-2H3;14H,4-13H2,1-3H3. The lowest BCUT2D eigenvalue weighted by Gasteiger charge is -2.16. The second-order valence-electron chi connectivity index (χ2n) is 14.5. The zero-order valence-electron chi connectivity index (χ0n) is 33.4. The summed E-state index contributed by atoms with van der Waals surface area (Å²) in [6.07, 6.45) is 38.0. The highest BCUT2D eigenvalue weighted by atomic mass is 16.5. The summed E-state index contributed by atoms with van der Waals surface area (Å²) in [4.78, 5) is 22.3. The maximum absolute atomic E-state index is 12.0.